The monoisotopic (exact) mass is 271 g/mol. The van der Waals surface area contributed by atoms with Crippen LogP contribution >= 0.6 is 0 Å². The van der Waals surface area contributed by atoms with Gasteiger partial charge in [-0.25, -0.2) is 0 Å². The number of primary amides is 1. The molecule has 0 saturated heterocycles. The van der Waals surface area contributed by atoms with E-state index in [4.69, 9.17) is 16.9 Å². The van der Waals surface area contributed by atoms with E-state index >= 15 is 0 Å². The highest BCUT2D eigenvalue weighted by Crippen LogP contribution is 2.04. The van der Waals surface area contributed by atoms with E-state index in [1.165, 1.54) is 0 Å². The number of nitrogens with two attached hydrogens (primary N) is 2. The maximum atomic E-state index is 11.6. The zero-order valence-corrected chi connectivity index (χ0v) is 11.7. The van der Waals surface area contributed by atoms with Crippen molar-refractivity contribution in [3.05, 3.63) is 0 Å². The summed E-state index contributed by atoms with van der Waals surface area (Å²) in [6.45, 7) is 4.54. The Labute approximate surface area is 114 Å². The summed E-state index contributed by atoms with van der Waals surface area (Å²) >= 11 is 0. The summed E-state index contributed by atoms with van der Waals surface area (Å²) in [5, 5.41) is 12.2. The van der Waals surface area contributed by atoms with Gasteiger partial charge in [-0.1, -0.05) is 13.8 Å². The first-order chi connectivity index (χ1) is 8.82. The normalized spacial score (nSPS) is 11.9. The molecular formula is C12H25N5O2. The molecule has 0 rings (SSSR count). The van der Waals surface area contributed by atoms with Crippen LogP contribution in [0.3, 0.4) is 0 Å². The predicted molar refractivity (Wildman–Crippen MR) is 74.3 cm³/mol. The van der Waals surface area contributed by atoms with Crippen molar-refractivity contribution >= 4 is 17.8 Å². The zero-order valence-electron chi connectivity index (χ0n) is 11.7. The number of nitrogens with one attached hydrogen (secondary N) is 3. The Bertz CT molecular complexity index is 317. The third kappa shape index (κ3) is 9.87. The van der Waals surface area contributed by atoms with Crippen molar-refractivity contribution in [3.8, 4) is 0 Å². The van der Waals surface area contributed by atoms with Crippen molar-refractivity contribution in [1.82, 2.24) is 10.6 Å². The number of carbonyl (C=O) groups excluding carboxylic acids is 2. The molecule has 7 N–H and O–H groups in total. The van der Waals surface area contributed by atoms with E-state index in [-0.39, 0.29) is 11.9 Å². The molecule has 7 nitrogen and oxygen atoms in total. The number of guanidine groups is 1. The van der Waals surface area contributed by atoms with Gasteiger partial charge in [0, 0.05) is 13.0 Å². The van der Waals surface area contributed by atoms with Crippen LogP contribution in [0.4, 0.5) is 0 Å². The molecule has 0 bridgehead atoms. The molecule has 0 aliphatic rings. The largest absolute Gasteiger partial charge is 0.370 e. The van der Waals surface area contributed by atoms with Gasteiger partial charge in [0.1, 0.15) is 6.04 Å². The minimum atomic E-state index is -0.659. The summed E-state index contributed by atoms with van der Waals surface area (Å²) in [6, 6.07) is -0.659. The number of hydrogen-bond donors (Lipinski definition) is 5. The van der Waals surface area contributed by atoms with Gasteiger partial charge < -0.3 is 22.1 Å². The molecule has 0 aliphatic carbocycles. The van der Waals surface area contributed by atoms with Crippen molar-refractivity contribution in [1.29, 1.82) is 5.41 Å². The molecule has 0 aromatic heterocycles. The second kappa shape index (κ2) is 9.18. The first kappa shape index (κ1) is 17.2. The van der Waals surface area contributed by atoms with Gasteiger partial charge in [-0.15, -0.1) is 0 Å². The number of hydrogen-bond acceptors (Lipinski definition) is 3. The zero-order chi connectivity index (χ0) is 14.8. The second-order valence-corrected chi connectivity index (χ2v) is 4.94. The molecule has 2 amide bonds. The summed E-state index contributed by atoms with van der Waals surface area (Å²) in [5.41, 5.74) is 10.4. The molecule has 0 spiro atoms. The van der Waals surface area contributed by atoms with E-state index in [0.29, 0.717) is 31.7 Å². The van der Waals surface area contributed by atoms with Crippen LogP contribution in [0.1, 0.15) is 39.5 Å². The summed E-state index contributed by atoms with van der Waals surface area (Å²) in [7, 11) is 0. The van der Waals surface area contributed by atoms with E-state index in [9.17, 15) is 9.59 Å². The van der Waals surface area contributed by atoms with Crippen molar-refractivity contribution in [3.63, 3.8) is 0 Å². The van der Waals surface area contributed by atoms with Gasteiger partial charge in [0.25, 0.3) is 0 Å². The van der Waals surface area contributed by atoms with E-state index in [0.717, 1.165) is 6.42 Å². The fraction of sp³-hybridized carbons (Fsp3) is 0.750. The van der Waals surface area contributed by atoms with Crippen LogP contribution in [0.2, 0.25) is 0 Å². The van der Waals surface area contributed by atoms with Crippen molar-refractivity contribution < 1.29 is 9.59 Å². The SMILES string of the molecule is CC(C)CCC(=O)N[C@@H](CCCNC(=N)N)C(N)=O. The minimum Gasteiger partial charge on any atom is -0.370 e. The average Bonchev–Trinajstić information content (AvgIpc) is 2.29. The van der Waals surface area contributed by atoms with Crippen LogP contribution in [0.5, 0.6) is 0 Å². The third-order valence-corrected chi connectivity index (χ3v) is 2.61. The maximum absolute atomic E-state index is 11.6. The lowest BCUT2D eigenvalue weighted by atomic mass is 10.1. The molecule has 7 heteroatoms. The number of rotatable bonds is 9. The van der Waals surface area contributed by atoms with Crippen LogP contribution in [-0.2, 0) is 9.59 Å². The van der Waals surface area contributed by atoms with Gasteiger partial charge in [0.05, 0.1) is 0 Å². The Hall–Kier alpha value is -1.79. The highest BCUT2D eigenvalue weighted by Gasteiger charge is 2.17. The Morgan fingerprint density at radius 1 is 1.21 bits per heavy atom. The van der Waals surface area contributed by atoms with Crippen LogP contribution in [0.25, 0.3) is 0 Å². The molecule has 0 aromatic carbocycles. The summed E-state index contributed by atoms with van der Waals surface area (Å²) < 4.78 is 0. The third-order valence-electron chi connectivity index (χ3n) is 2.61. The Morgan fingerprint density at radius 3 is 2.32 bits per heavy atom. The van der Waals surface area contributed by atoms with E-state index in [1.54, 1.807) is 0 Å². The molecule has 0 heterocycles. The number of amides is 2. The lowest BCUT2D eigenvalue weighted by molar-refractivity contribution is -0.127. The van der Waals surface area contributed by atoms with Crippen LogP contribution in [0, 0.1) is 11.3 Å². The topological polar surface area (TPSA) is 134 Å². The Kier molecular flexibility index (Phi) is 8.32. The Balaban J connectivity index is 4.01. The minimum absolute atomic E-state index is 0.114. The molecule has 0 fully saturated rings. The molecule has 110 valence electrons. The van der Waals surface area contributed by atoms with E-state index in [2.05, 4.69) is 10.6 Å². The van der Waals surface area contributed by atoms with Gasteiger partial charge in [-0.2, -0.15) is 0 Å². The summed E-state index contributed by atoms with van der Waals surface area (Å²) in [5.74, 6) is -0.369. The fourth-order valence-corrected chi connectivity index (χ4v) is 1.50. The maximum Gasteiger partial charge on any atom is 0.240 e. The molecule has 0 radical (unpaired) electrons. The standard InChI is InChI=1S/C12H25N5O2/c1-8(2)5-6-10(18)17-9(11(13)19)4-3-7-16-12(14)15/h8-9H,3-7H2,1-2H3,(H2,13,19)(H,17,18)(H4,14,15,16)/t9-/m0/s1. The summed E-state index contributed by atoms with van der Waals surface area (Å²) in [6.07, 6.45) is 2.21. The van der Waals surface area contributed by atoms with Crippen molar-refractivity contribution in [2.75, 3.05) is 6.54 Å². The van der Waals surface area contributed by atoms with Crippen molar-refractivity contribution in [2.24, 2.45) is 17.4 Å². The fourth-order valence-electron chi connectivity index (χ4n) is 1.50. The second-order valence-electron chi connectivity index (χ2n) is 4.94. The van der Waals surface area contributed by atoms with Crippen molar-refractivity contribution in [2.45, 2.75) is 45.6 Å². The molecule has 0 unspecified atom stereocenters. The first-order valence-electron chi connectivity index (χ1n) is 6.49. The van der Waals surface area contributed by atoms with Gasteiger partial charge >= 0.3 is 0 Å². The first-order valence-corrected chi connectivity index (χ1v) is 6.49. The van der Waals surface area contributed by atoms with Crippen LogP contribution < -0.4 is 22.1 Å². The van der Waals surface area contributed by atoms with Crippen LogP contribution in [-0.4, -0.2) is 30.4 Å². The van der Waals surface area contributed by atoms with Gasteiger partial charge in [0.2, 0.25) is 11.8 Å². The number of carbonyl (C=O) groups is 2. The lowest BCUT2D eigenvalue weighted by Gasteiger charge is -2.16. The van der Waals surface area contributed by atoms with Gasteiger partial charge in [-0.05, 0) is 25.2 Å². The van der Waals surface area contributed by atoms with Gasteiger partial charge in [-0.3, -0.25) is 15.0 Å². The molecule has 1 atom stereocenters. The highest BCUT2D eigenvalue weighted by molar-refractivity contribution is 5.86. The molecular weight excluding hydrogens is 246 g/mol. The quantitative estimate of drug-likeness (QED) is 0.223. The Morgan fingerprint density at radius 2 is 1.84 bits per heavy atom. The van der Waals surface area contributed by atoms with E-state index < -0.39 is 11.9 Å². The van der Waals surface area contributed by atoms with E-state index in [1.807, 2.05) is 13.8 Å². The summed E-state index contributed by atoms with van der Waals surface area (Å²) in [4.78, 5) is 22.8. The average molecular weight is 271 g/mol. The molecule has 0 aliphatic heterocycles. The highest BCUT2D eigenvalue weighted by atomic mass is 16.2. The molecule has 19 heavy (non-hydrogen) atoms. The molecule has 0 saturated carbocycles. The van der Waals surface area contributed by atoms with Crippen LogP contribution in [0.15, 0.2) is 0 Å². The predicted octanol–water partition coefficient (Wildman–Crippen LogP) is -0.344. The van der Waals surface area contributed by atoms with Gasteiger partial charge in [0.15, 0.2) is 5.96 Å². The lowest BCUT2D eigenvalue weighted by Crippen LogP contribution is -2.45. The molecule has 0 aromatic rings. The smallest absolute Gasteiger partial charge is 0.240 e.